The fraction of sp³-hybridized carbons (Fsp3) is 0.462. The van der Waals surface area contributed by atoms with Crippen LogP contribution in [0.15, 0.2) is 18.2 Å². The molecule has 110 valence electrons. The maximum Gasteiger partial charge on any atom is 0.282 e. The number of halogens is 1. The number of benzene rings is 1. The second-order valence-electron chi connectivity index (χ2n) is 4.35. The summed E-state index contributed by atoms with van der Waals surface area (Å²) in [5, 5.41) is 11.3. The Morgan fingerprint density at radius 2 is 2.20 bits per heavy atom. The van der Waals surface area contributed by atoms with Gasteiger partial charge in [-0.2, -0.15) is 11.8 Å². The van der Waals surface area contributed by atoms with Crippen LogP contribution in [0.2, 0.25) is 5.02 Å². The van der Waals surface area contributed by atoms with Gasteiger partial charge in [-0.3, -0.25) is 14.9 Å². The second-order valence-corrected chi connectivity index (χ2v) is 5.70. The summed E-state index contributed by atoms with van der Waals surface area (Å²) < 4.78 is 0. The van der Waals surface area contributed by atoms with Gasteiger partial charge in [0.15, 0.2) is 0 Å². The van der Waals surface area contributed by atoms with Crippen molar-refractivity contribution in [2.24, 2.45) is 0 Å². The van der Waals surface area contributed by atoms with Crippen LogP contribution >= 0.6 is 23.4 Å². The highest BCUT2D eigenvalue weighted by Gasteiger charge is 2.26. The highest BCUT2D eigenvalue weighted by atomic mass is 35.5. The van der Waals surface area contributed by atoms with E-state index in [1.807, 2.05) is 13.2 Å². The van der Waals surface area contributed by atoms with E-state index in [-0.39, 0.29) is 23.2 Å². The first-order valence-corrected chi connectivity index (χ1v) is 7.89. The van der Waals surface area contributed by atoms with Gasteiger partial charge in [0.1, 0.15) is 5.56 Å². The van der Waals surface area contributed by atoms with Gasteiger partial charge in [0.2, 0.25) is 0 Å². The maximum absolute atomic E-state index is 12.5. The Balaban J connectivity index is 3.13. The molecule has 1 amide bonds. The third kappa shape index (κ3) is 3.86. The van der Waals surface area contributed by atoms with Crippen LogP contribution in [0.25, 0.3) is 0 Å². The zero-order chi connectivity index (χ0) is 15.3. The molecule has 1 unspecified atom stereocenters. The summed E-state index contributed by atoms with van der Waals surface area (Å²) in [7, 11) is 1.66. The van der Waals surface area contributed by atoms with Crippen molar-refractivity contribution >= 4 is 35.0 Å². The topological polar surface area (TPSA) is 63.5 Å². The van der Waals surface area contributed by atoms with Crippen molar-refractivity contribution in [1.82, 2.24) is 4.90 Å². The summed E-state index contributed by atoms with van der Waals surface area (Å²) in [5.41, 5.74) is -0.185. The van der Waals surface area contributed by atoms with Crippen molar-refractivity contribution in [3.8, 4) is 0 Å². The number of hydrogen-bond donors (Lipinski definition) is 0. The van der Waals surface area contributed by atoms with Gasteiger partial charge in [0.25, 0.3) is 11.6 Å². The summed E-state index contributed by atoms with van der Waals surface area (Å²) in [5.74, 6) is 0.410. The normalized spacial score (nSPS) is 12.0. The van der Waals surface area contributed by atoms with E-state index in [1.54, 1.807) is 23.7 Å². The zero-order valence-corrected chi connectivity index (χ0v) is 13.2. The summed E-state index contributed by atoms with van der Waals surface area (Å²) in [6, 6.07) is 4.06. The molecule has 0 saturated heterocycles. The molecule has 0 N–H and O–H groups in total. The van der Waals surface area contributed by atoms with Gasteiger partial charge >= 0.3 is 0 Å². The van der Waals surface area contributed by atoms with Crippen LogP contribution in [-0.4, -0.2) is 40.8 Å². The fourth-order valence-electron chi connectivity index (χ4n) is 1.89. The van der Waals surface area contributed by atoms with Crippen LogP contribution in [0.1, 0.15) is 23.7 Å². The average molecular weight is 317 g/mol. The number of hydrogen-bond acceptors (Lipinski definition) is 4. The Bertz CT molecular complexity index is 510. The lowest BCUT2D eigenvalue weighted by Gasteiger charge is -2.26. The van der Waals surface area contributed by atoms with Crippen LogP contribution in [0, 0.1) is 10.1 Å². The van der Waals surface area contributed by atoms with Crippen LogP contribution in [-0.2, 0) is 0 Å². The van der Waals surface area contributed by atoms with Crippen molar-refractivity contribution in [2.75, 3.05) is 19.1 Å². The first-order chi connectivity index (χ1) is 9.42. The molecular formula is C13H17ClN2O3S. The molecule has 0 aliphatic rings. The van der Waals surface area contributed by atoms with Gasteiger partial charge in [0, 0.05) is 29.9 Å². The highest BCUT2D eigenvalue weighted by Crippen LogP contribution is 2.25. The number of rotatable bonds is 6. The van der Waals surface area contributed by atoms with E-state index in [0.717, 1.165) is 12.2 Å². The molecule has 20 heavy (non-hydrogen) atoms. The lowest BCUT2D eigenvalue weighted by Crippen LogP contribution is -2.38. The predicted molar refractivity (Wildman–Crippen MR) is 82.7 cm³/mol. The quantitative estimate of drug-likeness (QED) is 0.595. The highest BCUT2D eigenvalue weighted by molar-refractivity contribution is 7.98. The number of thioether (sulfide) groups is 1. The van der Waals surface area contributed by atoms with Gasteiger partial charge in [-0.15, -0.1) is 0 Å². The van der Waals surface area contributed by atoms with E-state index in [1.165, 1.54) is 18.2 Å². The first kappa shape index (κ1) is 16.8. The summed E-state index contributed by atoms with van der Waals surface area (Å²) >= 11 is 7.48. The van der Waals surface area contributed by atoms with Gasteiger partial charge in [-0.05, 0) is 24.8 Å². The monoisotopic (exact) mass is 316 g/mol. The number of nitrogens with zero attached hydrogens (tertiary/aromatic N) is 2. The van der Waals surface area contributed by atoms with Crippen LogP contribution in [0.4, 0.5) is 5.69 Å². The van der Waals surface area contributed by atoms with Gasteiger partial charge < -0.3 is 4.90 Å². The van der Waals surface area contributed by atoms with Crippen LogP contribution in [0.5, 0.6) is 0 Å². The second kappa shape index (κ2) is 7.50. The number of amides is 1. The molecule has 0 fully saturated rings. The summed E-state index contributed by atoms with van der Waals surface area (Å²) in [6.07, 6.45) is 2.75. The fourth-order valence-corrected chi connectivity index (χ4v) is 2.91. The van der Waals surface area contributed by atoms with E-state index >= 15 is 0 Å². The van der Waals surface area contributed by atoms with E-state index in [9.17, 15) is 14.9 Å². The molecule has 0 saturated carbocycles. The van der Waals surface area contributed by atoms with Gasteiger partial charge in [-0.25, -0.2) is 0 Å². The van der Waals surface area contributed by atoms with Gasteiger partial charge in [0.05, 0.1) is 4.92 Å². The summed E-state index contributed by atoms with van der Waals surface area (Å²) in [4.78, 5) is 24.5. The molecule has 5 nitrogen and oxygen atoms in total. The van der Waals surface area contributed by atoms with E-state index < -0.39 is 4.92 Å². The number of nitro groups is 1. The Labute approximate surface area is 127 Å². The zero-order valence-electron chi connectivity index (χ0n) is 11.6. The molecule has 0 radical (unpaired) electrons. The lowest BCUT2D eigenvalue weighted by molar-refractivity contribution is -0.385. The largest absolute Gasteiger partial charge is 0.338 e. The van der Waals surface area contributed by atoms with E-state index in [4.69, 9.17) is 11.6 Å². The number of carbonyl (C=O) groups excluding carboxylic acids is 1. The molecule has 1 rings (SSSR count). The minimum absolute atomic E-state index is 0.0320. The average Bonchev–Trinajstić information content (AvgIpc) is 2.42. The lowest BCUT2D eigenvalue weighted by atomic mass is 10.1. The molecule has 0 spiro atoms. The molecule has 0 aromatic heterocycles. The maximum atomic E-state index is 12.5. The predicted octanol–water partition coefficient (Wildman–Crippen LogP) is 3.46. The standard InChI is InChI=1S/C13H17ClN2O3S/c1-4-10(8-20-3)15(2)13(17)11-7-9(14)5-6-12(11)16(18)19/h5-7,10H,4,8H2,1-3H3. The third-order valence-electron chi connectivity index (χ3n) is 3.08. The van der Waals surface area contributed by atoms with Crippen LogP contribution in [0.3, 0.4) is 0 Å². The van der Waals surface area contributed by atoms with Crippen molar-refractivity contribution in [3.63, 3.8) is 0 Å². The molecule has 0 heterocycles. The molecule has 1 aromatic rings. The van der Waals surface area contributed by atoms with E-state index in [2.05, 4.69) is 0 Å². The smallest absolute Gasteiger partial charge is 0.282 e. The molecule has 1 atom stereocenters. The molecule has 7 heteroatoms. The number of nitro benzene ring substituents is 1. The van der Waals surface area contributed by atoms with Crippen molar-refractivity contribution in [2.45, 2.75) is 19.4 Å². The van der Waals surface area contributed by atoms with Crippen molar-refractivity contribution in [1.29, 1.82) is 0 Å². The molecular weight excluding hydrogens is 300 g/mol. The summed E-state index contributed by atoms with van der Waals surface area (Å²) in [6.45, 7) is 1.98. The first-order valence-electron chi connectivity index (χ1n) is 6.12. The minimum atomic E-state index is -0.563. The number of carbonyl (C=O) groups is 1. The van der Waals surface area contributed by atoms with Gasteiger partial charge in [-0.1, -0.05) is 18.5 Å². The Kier molecular flexibility index (Phi) is 6.29. The third-order valence-corrected chi connectivity index (χ3v) is 4.04. The molecule has 0 aliphatic carbocycles. The molecule has 0 bridgehead atoms. The van der Waals surface area contributed by atoms with Crippen LogP contribution < -0.4 is 0 Å². The minimum Gasteiger partial charge on any atom is -0.338 e. The van der Waals surface area contributed by atoms with Crippen molar-refractivity contribution in [3.05, 3.63) is 38.9 Å². The SMILES string of the molecule is CCC(CSC)N(C)C(=O)c1cc(Cl)ccc1[N+](=O)[O-]. The molecule has 0 aliphatic heterocycles. The van der Waals surface area contributed by atoms with E-state index in [0.29, 0.717) is 5.02 Å². The Morgan fingerprint density at radius 1 is 1.55 bits per heavy atom. The Hall–Kier alpha value is -1.27. The molecule has 1 aromatic carbocycles. The van der Waals surface area contributed by atoms with Crippen molar-refractivity contribution < 1.29 is 9.72 Å². The Morgan fingerprint density at radius 3 is 2.70 bits per heavy atom.